The normalized spacial score (nSPS) is 10.5. The maximum absolute atomic E-state index is 12.2. The highest BCUT2D eigenvalue weighted by atomic mass is 16.6. The van der Waals surface area contributed by atoms with Gasteiger partial charge in [-0.25, -0.2) is 4.79 Å². The molecule has 0 saturated heterocycles. The lowest BCUT2D eigenvalue weighted by Gasteiger charge is -2.20. The molecule has 0 aliphatic heterocycles. The molecule has 38 heavy (non-hydrogen) atoms. The number of amides is 2. The lowest BCUT2D eigenvalue weighted by Crippen LogP contribution is -2.32. The number of anilines is 1. The molecule has 7 heteroatoms. The Hall–Kier alpha value is -4.00. The van der Waals surface area contributed by atoms with Crippen LogP contribution < -0.4 is 25.0 Å². The van der Waals surface area contributed by atoms with Gasteiger partial charge >= 0.3 is 6.09 Å². The topological polar surface area (TPSA) is 79.9 Å². The van der Waals surface area contributed by atoms with E-state index in [2.05, 4.69) is 15.5 Å². The maximum atomic E-state index is 12.2. The van der Waals surface area contributed by atoms with Crippen molar-refractivity contribution in [1.82, 2.24) is 10.6 Å². The van der Waals surface area contributed by atoms with E-state index in [-0.39, 0.29) is 5.91 Å². The Morgan fingerprint density at radius 1 is 0.763 bits per heavy atom. The molecule has 7 nitrogen and oxygen atoms in total. The highest BCUT2D eigenvalue weighted by Crippen LogP contribution is 2.24. The first-order chi connectivity index (χ1) is 18.5. The fraction of sp³-hybridized carbons (Fsp3) is 0.355. The molecule has 0 aliphatic rings. The van der Waals surface area contributed by atoms with E-state index in [1.54, 1.807) is 6.07 Å². The van der Waals surface area contributed by atoms with Crippen molar-refractivity contribution in [3.63, 3.8) is 0 Å². The molecule has 0 aromatic heterocycles. The van der Waals surface area contributed by atoms with Crippen LogP contribution in [0, 0.1) is 0 Å². The van der Waals surface area contributed by atoms with Gasteiger partial charge in [0.1, 0.15) is 11.5 Å². The van der Waals surface area contributed by atoms with Crippen molar-refractivity contribution in [2.75, 3.05) is 38.2 Å². The number of nitrogens with one attached hydrogen (secondary N) is 2. The zero-order valence-electron chi connectivity index (χ0n) is 22.4. The Kier molecular flexibility index (Phi) is 12.0. The molecule has 202 valence electrons. The van der Waals surface area contributed by atoms with Crippen LogP contribution in [0.25, 0.3) is 11.1 Å². The number of benzene rings is 3. The number of ether oxygens (including phenoxy) is 2. The minimum absolute atomic E-state index is 0.0658. The van der Waals surface area contributed by atoms with Crippen LogP contribution in [0.1, 0.15) is 39.0 Å². The number of nitrogens with zero attached hydrogens (tertiary/aromatic N) is 1. The smallest absolute Gasteiger partial charge is 0.412 e. The lowest BCUT2D eigenvalue weighted by molar-refractivity contribution is -0.120. The molecule has 2 amide bonds. The van der Waals surface area contributed by atoms with Gasteiger partial charge in [-0.3, -0.25) is 4.79 Å². The van der Waals surface area contributed by atoms with Crippen molar-refractivity contribution >= 4 is 17.7 Å². The van der Waals surface area contributed by atoms with Gasteiger partial charge in [0.25, 0.3) is 0 Å². The Bertz CT molecular complexity index is 1140. The molecule has 0 atom stereocenters. The molecule has 0 spiro atoms. The van der Waals surface area contributed by atoms with Gasteiger partial charge in [-0.1, -0.05) is 68.3 Å². The van der Waals surface area contributed by atoms with E-state index in [1.807, 2.05) is 86.8 Å². The highest BCUT2D eigenvalue weighted by Gasteiger charge is 2.06. The van der Waals surface area contributed by atoms with Crippen molar-refractivity contribution in [1.29, 1.82) is 0 Å². The second kappa shape index (κ2) is 16.0. The Labute approximate surface area is 226 Å². The Morgan fingerprint density at radius 3 is 2.32 bits per heavy atom. The van der Waals surface area contributed by atoms with Crippen LogP contribution in [-0.2, 0) is 4.79 Å². The van der Waals surface area contributed by atoms with E-state index in [9.17, 15) is 9.59 Å². The molecule has 0 radical (unpaired) electrons. The van der Waals surface area contributed by atoms with Crippen molar-refractivity contribution in [2.24, 2.45) is 0 Å². The third kappa shape index (κ3) is 10.2. The summed E-state index contributed by atoms with van der Waals surface area (Å²) in [7, 11) is 2.00. The minimum Gasteiger partial charge on any atom is -0.494 e. The van der Waals surface area contributed by atoms with Crippen LogP contribution in [0.3, 0.4) is 0 Å². The van der Waals surface area contributed by atoms with Gasteiger partial charge in [0.05, 0.1) is 6.61 Å². The van der Waals surface area contributed by atoms with Crippen molar-refractivity contribution in [2.45, 2.75) is 39.0 Å². The first kappa shape index (κ1) is 28.6. The van der Waals surface area contributed by atoms with Gasteiger partial charge in [-0.05, 0) is 48.2 Å². The summed E-state index contributed by atoms with van der Waals surface area (Å²) in [4.78, 5) is 25.6. The molecule has 3 rings (SSSR count). The monoisotopic (exact) mass is 517 g/mol. The molecule has 3 aromatic carbocycles. The third-order valence-corrected chi connectivity index (χ3v) is 6.11. The number of unbranched alkanes of at least 4 members (excludes halogenated alkanes) is 3. The Balaban J connectivity index is 1.26. The summed E-state index contributed by atoms with van der Waals surface area (Å²) in [5.74, 6) is 1.43. The number of carbonyl (C=O) groups is 2. The molecule has 0 heterocycles. The fourth-order valence-electron chi connectivity index (χ4n) is 3.90. The summed E-state index contributed by atoms with van der Waals surface area (Å²) in [6, 6.07) is 25.5. The van der Waals surface area contributed by atoms with Crippen LogP contribution in [-0.4, -0.2) is 45.3 Å². The van der Waals surface area contributed by atoms with E-state index in [0.717, 1.165) is 54.8 Å². The van der Waals surface area contributed by atoms with E-state index in [4.69, 9.17) is 9.47 Å². The summed E-state index contributed by atoms with van der Waals surface area (Å²) in [5.41, 5.74) is 3.14. The number of hydrogen-bond donors (Lipinski definition) is 2. The van der Waals surface area contributed by atoms with Crippen molar-refractivity contribution < 1.29 is 19.1 Å². The molecular weight excluding hydrogens is 478 g/mol. The largest absolute Gasteiger partial charge is 0.494 e. The van der Waals surface area contributed by atoms with Crippen LogP contribution in [0.15, 0.2) is 78.9 Å². The van der Waals surface area contributed by atoms with Gasteiger partial charge in [0.15, 0.2) is 0 Å². The standard InChI is InChI=1S/C31H39N3O4/c1-3-30(35)32-20-21-34(2)27-16-12-17-28(24-27)37-22-10-5-4-9-19-33-31(36)38-29-18-11-15-26(23-29)25-13-7-6-8-14-25/h6-8,11-18,23-24H,3-5,9-10,19-22H2,1-2H3,(H,32,35)(H,33,36). The average Bonchev–Trinajstić information content (AvgIpc) is 2.95. The maximum Gasteiger partial charge on any atom is 0.412 e. The first-order valence-electron chi connectivity index (χ1n) is 13.4. The first-order valence-corrected chi connectivity index (χ1v) is 13.4. The second-order valence-corrected chi connectivity index (χ2v) is 9.10. The molecule has 0 bridgehead atoms. The molecule has 0 saturated carbocycles. The summed E-state index contributed by atoms with van der Waals surface area (Å²) in [6.07, 6.45) is 3.91. The molecular formula is C31H39N3O4. The van der Waals surface area contributed by atoms with Gasteiger partial charge in [-0.15, -0.1) is 0 Å². The molecule has 3 aromatic rings. The quantitative estimate of drug-likeness (QED) is 0.240. The zero-order valence-corrected chi connectivity index (χ0v) is 22.4. The second-order valence-electron chi connectivity index (χ2n) is 9.10. The summed E-state index contributed by atoms with van der Waals surface area (Å²) >= 11 is 0. The summed E-state index contributed by atoms with van der Waals surface area (Å²) in [6.45, 7) is 4.42. The number of likely N-dealkylation sites (N-methyl/N-ethyl adjacent to an activating group) is 1. The van der Waals surface area contributed by atoms with Gasteiger partial charge < -0.3 is 25.0 Å². The predicted octanol–water partition coefficient (Wildman–Crippen LogP) is 6.04. The van der Waals surface area contributed by atoms with Crippen LogP contribution in [0.2, 0.25) is 0 Å². The molecule has 0 fully saturated rings. The van der Waals surface area contributed by atoms with E-state index in [1.165, 1.54) is 0 Å². The fourth-order valence-corrected chi connectivity index (χ4v) is 3.90. The van der Waals surface area contributed by atoms with E-state index >= 15 is 0 Å². The summed E-state index contributed by atoms with van der Waals surface area (Å²) < 4.78 is 11.4. The van der Waals surface area contributed by atoms with Gasteiger partial charge in [0.2, 0.25) is 5.91 Å². The summed E-state index contributed by atoms with van der Waals surface area (Å²) in [5, 5.41) is 5.72. The van der Waals surface area contributed by atoms with E-state index < -0.39 is 6.09 Å². The number of carbonyl (C=O) groups excluding carboxylic acids is 2. The SMILES string of the molecule is CCC(=O)NCCN(C)c1cccc(OCCCCCCNC(=O)Oc2cccc(-c3ccccc3)c2)c1. The van der Waals surface area contributed by atoms with Crippen LogP contribution >= 0.6 is 0 Å². The predicted molar refractivity (Wildman–Crippen MR) is 153 cm³/mol. The molecule has 2 N–H and O–H groups in total. The highest BCUT2D eigenvalue weighted by molar-refractivity contribution is 5.75. The number of hydrogen-bond acceptors (Lipinski definition) is 5. The third-order valence-electron chi connectivity index (χ3n) is 6.11. The van der Waals surface area contributed by atoms with Crippen molar-refractivity contribution in [3.8, 4) is 22.6 Å². The van der Waals surface area contributed by atoms with Gasteiger partial charge in [0, 0.05) is 44.9 Å². The van der Waals surface area contributed by atoms with Gasteiger partial charge in [-0.2, -0.15) is 0 Å². The minimum atomic E-state index is -0.434. The van der Waals surface area contributed by atoms with Crippen LogP contribution in [0.5, 0.6) is 11.5 Å². The Morgan fingerprint density at radius 2 is 1.50 bits per heavy atom. The zero-order chi connectivity index (χ0) is 27.0. The van der Waals surface area contributed by atoms with E-state index in [0.29, 0.717) is 31.9 Å². The number of rotatable bonds is 15. The molecule has 0 unspecified atom stereocenters. The molecule has 0 aliphatic carbocycles. The van der Waals surface area contributed by atoms with Crippen LogP contribution in [0.4, 0.5) is 10.5 Å². The van der Waals surface area contributed by atoms with Crippen molar-refractivity contribution in [3.05, 3.63) is 78.9 Å². The lowest BCUT2D eigenvalue weighted by atomic mass is 10.1. The average molecular weight is 518 g/mol.